The molecule has 1 amide bonds. The molecule has 0 aromatic heterocycles. The SMILES string of the molecule is CN(C(=O)CC1CCSCC1)C1CCCC1CN. The highest BCUT2D eigenvalue weighted by Gasteiger charge is 2.32. The minimum absolute atomic E-state index is 0.345. The van der Waals surface area contributed by atoms with Crippen molar-refractivity contribution in [3.8, 4) is 0 Å². The van der Waals surface area contributed by atoms with Crippen LogP contribution in [-0.4, -0.2) is 41.9 Å². The molecule has 1 heterocycles. The molecule has 2 N–H and O–H groups in total. The number of carbonyl (C=O) groups excluding carboxylic acids is 1. The first-order valence-corrected chi connectivity index (χ1v) is 8.41. The molecule has 18 heavy (non-hydrogen) atoms. The molecule has 1 aliphatic heterocycles. The van der Waals surface area contributed by atoms with Crippen molar-refractivity contribution in [3.63, 3.8) is 0 Å². The number of nitrogens with zero attached hydrogens (tertiary/aromatic N) is 1. The van der Waals surface area contributed by atoms with Gasteiger partial charge in [-0.25, -0.2) is 0 Å². The Morgan fingerprint density at radius 2 is 2.00 bits per heavy atom. The van der Waals surface area contributed by atoms with E-state index in [1.807, 2.05) is 23.7 Å². The fraction of sp³-hybridized carbons (Fsp3) is 0.929. The first kappa shape index (κ1) is 14.2. The summed E-state index contributed by atoms with van der Waals surface area (Å²) in [5.74, 6) is 3.96. The van der Waals surface area contributed by atoms with E-state index in [1.54, 1.807) is 0 Å². The van der Waals surface area contributed by atoms with Crippen LogP contribution in [0.4, 0.5) is 0 Å². The van der Waals surface area contributed by atoms with Crippen LogP contribution < -0.4 is 5.73 Å². The minimum Gasteiger partial charge on any atom is -0.342 e. The molecule has 2 atom stereocenters. The second-order valence-corrected chi connectivity index (χ2v) is 6.98. The van der Waals surface area contributed by atoms with Gasteiger partial charge in [0.05, 0.1) is 0 Å². The first-order chi connectivity index (χ1) is 8.72. The van der Waals surface area contributed by atoms with Gasteiger partial charge in [-0.1, -0.05) is 6.42 Å². The number of rotatable bonds is 4. The molecule has 0 spiro atoms. The van der Waals surface area contributed by atoms with Crippen molar-refractivity contribution in [2.45, 2.75) is 44.6 Å². The van der Waals surface area contributed by atoms with E-state index in [2.05, 4.69) is 0 Å². The molecule has 0 bridgehead atoms. The van der Waals surface area contributed by atoms with E-state index in [9.17, 15) is 4.79 Å². The van der Waals surface area contributed by atoms with Crippen LogP contribution in [0.5, 0.6) is 0 Å². The Labute approximate surface area is 115 Å². The third-order valence-electron chi connectivity index (χ3n) is 4.62. The van der Waals surface area contributed by atoms with Gasteiger partial charge in [-0.05, 0) is 55.6 Å². The number of thioether (sulfide) groups is 1. The summed E-state index contributed by atoms with van der Waals surface area (Å²) >= 11 is 2.02. The van der Waals surface area contributed by atoms with Gasteiger partial charge in [0.2, 0.25) is 5.91 Å². The lowest BCUT2D eigenvalue weighted by molar-refractivity contribution is -0.133. The Morgan fingerprint density at radius 3 is 2.67 bits per heavy atom. The first-order valence-electron chi connectivity index (χ1n) is 7.26. The zero-order valence-electron chi connectivity index (χ0n) is 11.4. The zero-order valence-corrected chi connectivity index (χ0v) is 12.3. The Morgan fingerprint density at radius 1 is 1.28 bits per heavy atom. The third-order valence-corrected chi connectivity index (χ3v) is 5.67. The van der Waals surface area contributed by atoms with Crippen LogP contribution in [0.1, 0.15) is 38.5 Å². The quantitative estimate of drug-likeness (QED) is 0.851. The average Bonchev–Trinajstić information content (AvgIpc) is 2.87. The Hall–Kier alpha value is -0.220. The molecule has 3 nitrogen and oxygen atoms in total. The monoisotopic (exact) mass is 270 g/mol. The van der Waals surface area contributed by atoms with Crippen LogP contribution in [0, 0.1) is 11.8 Å². The van der Waals surface area contributed by atoms with Gasteiger partial charge in [0.15, 0.2) is 0 Å². The maximum absolute atomic E-state index is 12.3. The number of amides is 1. The summed E-state index contributed by atoms with van der Waals surface area (Å²) in [4.78, 5) is 14.3. The lowest BCUT2D eigenvalue weighted by atomic mass is 9.96. The van der Waals surface area contributed by atoms with E-state index in [0.717, 1.165) is 19.4 Å². The molecule has 0 aromatic carbocycles. The van der Waals surface area contributed by atoms with Crippen LogP contribution >= 0.6 is 11.8 Å². The molecule has 0 aromatic rings. The van der Waals surface area contributed by atoms with Crippen LogP contribution in [0.3, 0.4) is 0 Å². The molecule has 104 valence electrons. The normalized spacial score (nSPS) is 29.4. The average molecular weight is 270 g/mol. The summed E-state index contributed by atoms with van der Waals surface area (Å²) < 4.78 is 0. The van der Waals surface area contributed by atoms with Crippen molar-refractivity contribution in [3.05, 3.63) is 0 Å². The highest BCUT2D eigenvalue weighted by molar-refractivity contribution is 7.99. The lowest BCUT2D eigenvalue weighted by Gasteiger charge is -2.31. The van der Waals surface area contributed by atoms with E-state index in [1.165, 1.54) is 37.2 Å². The van der Waals surface area contributed by atoms with Crippen LogP contribution in [0.25, 0.3) is 0 Å². The van der Waals surface area contributed by atoms with Crippen molar-refractivity contribution in [2.24, 2.45) is 17.6 Å². The summed E-state index contributed by atoms with van der Waals surface area (Å²) in [5.41, 5.74) is 5.81. The van der Waals surface area contributed by atoms with Gasteiger partial charge in [-0.2, -0.15) is 11.8 Å². The van der Waals surface area contributed by atoms with E-state index >= 15 is 0 Å². The lowest BCUT2D eigenvalue weighted by Crippen LogP contribution is -2.42. The van der Waals surface area contributed by atoms with Crippen molar-refractivity contribution < 1.29 is 4.79 Å². The van der Waals surface area contributed by atoms with Gasteiger partial charge in [0, 0.05) is 19.5 Å². The fourth-order valence-corrected chi connectivity index (χ4v) is 4.53. The Bertz CT molecular complexity index is 279. The standard InChI is InChI=1S/C14H26N2OS/c1-16(13-4-2-3-12(13)10-15)14(17)9-11-5-7-18-8-6-11/h11-13H,2-10,15H2,1H3. The Kier molecular flexibility index (Phi) is 5.37. The van der Waals surface area contributed by atoms with Gasteiger partial charge in [-0.15, -0.1) is 0 Å². The molecule has 2 unspecified atom stereocenters. The zero-order chi connectivity index (χ0) is 13.0. The highest BCUT2D eigenvalue weighted by atomic mass is 32.2. The smallest absolute Gasteiger partial charge is 0.222 e. The van der Waals surface area contributed by atoms with Crippen molar-refractivity contribution >= 4 is 17.7 Å². The fourth-order valence-electron chi connectivity index (χ4n) is 3.33. The van der Waals surface area contributed by atoms with Gasteiger partial charge < -0.3 is 10.6 Å². The van der Waals surface area contributed by atoms with Crippen LogP contribution in [0.2, 0.25) is 0 Å². The summed E-state index contributed by atoms with van der Waals surface area (Å²) in [7, 11) is 1.98. The van der Waals surface area contributed by atoms with Crippen LogP contribution in [0.15, 0.2) is 0 Å². The molecule has 2 fully saturated rings. The van der Waals surface area contributed by atoms with Crippen molar-refractivity contribution in [1.82, 2.24) is 4.90 Å². The van der Waals surface area contributed by atoms with E-state index in [-0.39, 0.29) is 0 Å². The molecular formula is C14H26N2OS. The summed E-state index contributed by atoms with van der Waals surface area (Å²) in [6.45, 7) is 0.725. The van der Waals surface area contributed by atoms with Gasteiger partial charge >= 0.3 is 0 Å². The van der Waals surface area contributed by atoms with E-state index < -0.39 is 0 Å². The number of nitrogens with two attached hydrogens (primary N) is 1. The second kappa shape index (κ2) is 6.80. The number of carbonyl (C=O) groups is 1. The topological polar surface area (TPSA) is 46.3 Å². The van der Waals surface area contributed by atoms with E-state index in [4.69, 9.17) is 5.73 Å². The maximum Gasteiger partial charge on any atom is 0.222 e. The van der Waals surface area contributed by atoms with Crippen LogP contribution in [-0.2, 0) is 4.79 Å². The van der Waals surface area contributed by atoms with Gasteiger partial charge in [0.25, 0.3) is 0 Å². The van der Waals surface area contributed by atoms with Crippen molar-refractivity contribution in [1.29, 1.82) is 0 Å². The number of hydrogen-bond acceptors (Lipinski definition) is 3. The van der Waals surface area contributed by atoms with Crippen molar-refractivity contribution in [2.75, 3.05) is 25.1 Å². The molecule has 2 aliphatic rings. The molecule has 0 radical (unpaired) electrons. The highest BCUT2D eigenvalue weighted by Crippen LogP contribution is 2.30. The molecule has 1 saturated carbocycles. The molecule has 4 heteroatoms. The third kappa shape index (κ3) is 3.41. The summed E-state index contributed by atoms with van der Waals surface area (Å²) in [5, 5.41) is 0. The van der Waals surface area contributed by atoms with E-state index in [0.29, 0.717) is 23.8 Å². The molecule has 1 aliphatic carbocycles. The van der Waals surface area contributed by atoms with Gasteiger partial charge in [-0.3, -0.25) is 4.79 Å². The molecule has 1 saturated heterocycles. The second-order valence-electron chi connectivity index (χ2n) is 5.76. The summed E-state index contributed by atoms with van der Waals surface area (Å²) in [6, 6.07) is 0.403. The predicted molar refractivity (Wildman–Crippen MR) is 77.6 cm³/mol. The Balaban J connectivity index is 1.83. The number of hydrogen-bond donors (Lipinski definition) is 1. The molecule has 2 rings (SSSR count). The maximum atomic E-state index is 12.3. The minimum atomic E-state index is 0.345. The van der Waals surface area contributed by atoms with Gasteiger partial charge in [0.1, 0.15) is 0 Å². The largest absolute Gasteiger partial charge is 0.342 e. The molecular weight excluding hydrogens is 244 g/mol. The predicted octanol–water partition coefficient (Wildman–Crippen LogP) is 2.11. The summed E-state index contributed by atoms with van der Waals surface area (Å²) in [6.07, 6.45) is 6.75.